The van der Waals surface area contributed by atoms with E-state index in [0.29, 0.717) is 21.4 Å². The van der Waals surface area contributed by atoms with Gasteiger partial charge in [-0.25, -0.2) is 19.4 Å². The van der Waals surface area contributed by atoms with Crippen molar-refractivity contribution in [3.05, 3.63) is 70.2 Å². The third-order valence-corrected chi connectivity index (χ3v) is 7.69. The van der Waals surface area contributed by atoms with Crippen molar-refractivity contribution in [1.82, 2.24) is 15.4 Å². The maximum atomic E-state index is 13.2. The Morgan fingerprint density at radius 2 is 1.85 bits per heavy atom. The molecule has 3 aromatic rings. The van der Waals surface area contributed by atoms with Gasteiger partial charge in [0.1, 0.15) is 0 Å². The second kappa shape index (κ2) is 14.6. The number of benzene rings is 2. The molecule has 1 amide bonds. The highest BCUT2D eigenvalue weighted by molar-refractivity contribution is 7.51. The Bertz CT molecular complexity index is 1330. The standard InChI is InChI=1S/C25H29Cl2N4O7P/c1-3-36-39(35,37-4-2)30-12-11-21(24(32)31-20-8-6-5-7-17(20)25(33)34)28-15-23-29-14-22(38-23)18-13-16(26)9-10-19(18)27/h5-10,13-14,21,28H,3-4,11-12,15H2,1-2H3,(H,30,35)(H,31,32)(H,33,34). The molecule has 0 aliphatic carbocycles. The second-order valence-corrected chi connectivity index (χ2v) is 10.7. The molecule has 0 saturated carbocycles. The van der Waals surface area contributed by atoms with Crippen LogP contribution in [0.2, 0.25) is 10.0 Å². The molecular formula is C25H29Cl2N4O7P. The monoisotopic (exact) mass is 598 g/mol. The van der Waals surface area contributed by atoms with Gasteiger partial charge in [-0.2, -0.15) is 0 Å². The highest BCUT2D eigenvalue weighted by atomic mass is 35.5. The molecule has 0 saturated heterocycles. The van der Waals surface area contributed by atoms with Crippen molar-refractivity contribution in [3.63, 3.8) is 0 Å². The summed E-state index contributed by atoms with van der Waals surface area (Å²) < 4.78 is 29.0. The Morgan fingerprint density at radius 3 is 2.54 bits per heavy atom. The summed E-state index contributed by atoms with van der Waals surface area (Å²) in [5, 5.41) is 18.8. The number of hydrogen-bond acceptors (Lipinski definition) is 8. The van der Waals surface area contributed by atoms with Gasteiger partial charge in [0, 0.05) is 17.1 Å². The molecule has 0 radical (unpaired) electrons. The minimum atomic E-state index is -3.55. The van der Waals surface area contributed by atoms with Gasteiger partial charge in [-0.1, -0.05) is 35.3 Å². The van der Waals surface area contributed by atoms with Gasteiger partial charge in [0.2, 0.25) is 11.8 Å². The summed E-state index contributed by atoms with van der Waals surface area (Å²) in [5.74, 6) is -1.03. The summed E-state index contributed by atoms with van der Waals surface area (Å²) >= 11 is 12.3. The minimum absolute atomic E-state index is 0.0471. The molecule has 0 aliphatic heterocycles. The number of hydrogen-bond donors (Lipinski definition) is 4. The molecule has 11 nitrogen and oxygen atoms in total. The normalized spacial score (nSPS) is 12.3. The number of anilines is 1. The molecule has 2 aromatic carbocycles. The zero-order valence-electron chi connectivity index (χ0n) is 21.3. The molecule has 4 N–H and O–H groups in total. The largest absolute Gasteiger partial charge is 0.478 e. The lowest BCUT2D eigenvalue weighted by atomic mass is 10.1. The summed E-state index contributed by atoms with van der Waals surface area (Å²) in [7, 11) is -3.55. The highest BCUT2D eigenvalue weighted by Crippen LogP contribution is 2.43. The number of carbonyl (C=O) groups is 2. The third-order valence-electron chi connectivity index (χ3n) is 5.32. The van der Waals surface area contributed by atoms with Crippen LogP contribution in [0.15, 0.2) is 53.1 Å². The van der Waals surface area contributed by atoms with E-state index in [1.54, 1.807) is 44.2 Å². The van der Waals surface area contributed by atoms with Crippen molar-refractivity contribution in [2.75, 3.05) is 25.1 Å². The van der Waals surface area contributed by atoms with E-state index in [-0.39, 0.29) is 49.9 Å². The number of aromatic nitrogens is 1. The fraction of sp³-hybridized carbons (Fsp3) is 0.320. The maximum absolute atomic E-state index is 13.2. The second-order valence-electron chi connectivity index (χ2n) is 8.05. The fourth-order valence-electron chi connectivity index (χ4n) is 3.55. The average Bonchev–Trinajstić information content (AvgIpc) is 3.36. The number of aromatic carboxylic acids is 1. The molecule has 210 valence electrons. The van der Waals surface area contributed by atoms with Crippen molar-refractivity contribution in [2.45, 2.75) is 32.9 Å². The molecule has 0 bridgehead atoms. The zero-order chi connectivity index (χ0) is 28.4. The number of nitrogens with zero attached hydrogens (tertiary/aromatic N) is 1. The number of oxazole rings is 1. The topological polar surface area (TPSA) is 152 Å². The predicted octanol–water partition coefficient (Wildman–Crippen LogP) is 5.60. The van der Waals surface area contributed by atoms with Crippen LogP contribution in [0.5, 0.6) is 0 Å². The lowest BCUT2D eigenvalue weighted by Crippen LogP contribution is -2.42. The van der Waals surface area contributed by atoms with Crippen LogP contribution in [0.1, 0.15) is 36.5 Å². The van der Waals surface area contributed by atoms with Crippen LogP contribution in [0, 0.1) is 0 Å². The van der Waals surface area contributed by atoms with Crippen LogP contribution in [-0.2, 0) is 25.0 Å². The predicted molar refractivity (Wildman–Crippen MR) is 148 cm³/mol. The van der Waals surface area contributed by atoms with Gasteiger partial charge >= 0.3 is 13.7 Å². The maximum Gasteiger partial charge on any atom is 0.405 e. The fourth-order valence-corrected chi connectivity index (χ4v) is 5.27. The molecule has 3 rings (SSSR count). The summed E-state index contributed by atoms with van der Waals surface area (Å²) in [5.41, 5.74) is 0.642. The summed E-state index contributed by atoms with van der Waals surface area (Å²) in [6, 6.07) is 10.1. The lowest BCUT2D eigenvalue weighted by Gasteiger charge is -2.21. The van der Waals surface area contributed by atoms with Gasteiger partial charge in [-0.05, 0) is 50.6 Å². The molecule has 0 aliphatic rings. The molecule has 14 heteroatoms. The van der Waals surface area contributed by atoms with Crippen LogP contribution < -0.4 is 15.7 Å². The van der Waals surface area contributed by atoms with Crippen molar-refractivity contribution < 1.29 is 32.7 Å². The van der Waals surface area contributed by atoms with E-state index in [2.05, 4.69) is 20.7 Å². The first kappa shape index (κ1) is 30.8. The lowest BCUT2D eigenvalue weighted by molar-refractivity contribution is -0.118. The Balaban J connectivity index is 1.75. The van der Waals surface area contributed by atoms with Crippen molar-refractivity contribution >= 4 is 48.5 Å². The van der Waals surface area contributed by atoms with Crippen LogP contribution in [0.3, 0.4) is 0 Å². The highest BCUT2D eigenvalue weighted by Gasteiger charge is 2.26. The van der Waals surface area contributed by atoms with Crippen LogP contribution in [0.4, 0.5) is 5.69 Å². The molecular weight excluding hydrogens is 570 g/mol. The first-order valence-corrected chi connectivity index (χ1v) is 14.4. The van der Waals surface area contributed by atoms with Crippen LogP contribution >= 0.6 is 30.9 Å². The Morgan fingerprint density at radius 1 is 1.13 bits per heavy atom. The summed E-state index contributed by atoms with van der Waals surface area (Å²) in [6.45, 7) is 3.84. The van der Waals surface area contributed by atoms with Gasteiger partial charge in [0.05, 0.1) is 48.3 Å². The van der Waals surface area contributed by atoms with Gasteiger partial charge in [0.15, 0.2) is 5.76 Å². The van der Waals surface area contributed by atoms with E-state index in [0.717, 1.165) is 0 Å². The molecule has 0 fully saturated rings. The summed E-state index contributed by atoms with van der Waals surface area (Å²) in [6.07, 6.45) is 1.63. The minimum Gasteiger partial charge on any atom is -0.478 e. The third kappa shape index (κ3) is 8.87. The Hall–Kier alpha value is -2.76. The van der Waals surface area contributed by atoms with Gasteiger partial charge in [0.25, 0.3) is 0 Å². The molecule has 39 heavy (non-hydrogen) atoms. The number of carboxylic acids is 1. The van der Waals surface area contributed by atoms with E-state index in [1.807, 2.05) is 0 Å². The number of carboxylic acid groups (broad SMARTS) is 1. The number of amides is 1. The van der Waals surface area contributed by atoms with Gasteiger partial charge in [-0.3, -0.25) is 19.2 Å². The number of para-hydroxylation sites is 1. The smallest absolute Gasteiger partial charge is 0.405 e. The Kier molecular flexibility index (Phi) is 11.5. The molecule has 1 atom stereocenters. The molecule has 1 heterocycles. The quantitative estimate of drug-likeness (QED) is 0.162. The summed E-state index contributed by atoms with van der Waals surface area (Å²) in [4.78, 5) is 29.0. The van der Waals surface area contributed by atoms with E-state index in [9.17, 15) is 19.3 Å². The number of halogens is 2. The molecule has 1 unspecified atom stereocenters. The number of rotatable bonds is 15. The first-order valence-electron chi connectivity index (χ1n) is 12.1. The van der Waals surface area contributed by atoms with Crippen molar-refractivity contribution in [1.29, 1.82) is 0 Å². The van der Waals surface area contributed by atoms with E-state index in [4.69, 9.17) is 36.7 Å². The van der Waals surface area contributed by atoms with Crippen molar-refractivity contribution in [3.8, 4) is 11.3 Å². The number of carbonyl (C=O) groups excluding carboxylic acids is 1. The molecule has 0 spiro atoms. The number of nitrogens with one attached hydrogen (secondary N) is 3. The van der Waals surface area contributed by atoms with Gasteiger partial charge in [-0.15, -0.1) is 0 Å². The van der Waals surface area contributed by atoms with E-state index >= 15 is 0 Å². The van der Waals surface area contributed by atoms with E-state index in [1.165, 1.54) is 18.3 Å². The van der Waals surface area contributed by atoms with Crippen molar-refractivity contribution in [2.24, 2.45) is 0 Å². The van der Waals surface area contributed by atoms with Gasteiger partial charge < -0.3 is 14.8 Å². The van der Waals surface area contributed by atoms with Crippen LogP contribution in [-0.4, -0.2) is 47.8 Å². The SMILES string of the molecule is CCOP(=O)(NCCC(NCc1ncc(-c2cc(Cl)ccc2Cl)o1)C(=O)Nc1ccccc1C(=O)O)OCC. The zero-order valence-corrected chi connectivity index (χ0v) is 23.7. The van der Waals surface area contributed by atoms with E-state index < -0.39 is 25.7 Å². The Labute approximate surface area is 235 Å². The molecule has 1 aromatic heterocycles. The first-order chi connectivity index (χ1) is 18.7. The average molecular weight is 599 g/mol. The van der Waals surface area contributed by atoms with Crippen LogP contribution in [0.25, 0.3) is 11.3 Å².